The fraction of sp³-hybridized carbons (Fsp3) is 0.328. The summed E-state index contributed by atoms with van der Waals surface area (Å²) in [7, 11) is 2.40. The van der Waals surface area contributed by atoms with Crippen molar-refractivity contribution in [3.8, 4) is 40.6 Å². The summed E-state index contributed by atoms with van der Waals surface area (Å²) in [5.74, 6) is 3.59. The molecule has 0 aliphatic rings. The lowest BCUT2D eigenvalue weighted by molar-refractivity contribution is -0.0412. The third-order valence-corrected chi connectivity index (χ3v) is 12.3. The Morgan fingerprint density at radius 2 is 0.698 bits per heavy atom. The first-order valence-electron chi connectivity index (χ1n) is 27.6. The maximum atomic E-state index is 10.8. The number of rotatable bonds is 21. The number of ether oxygens (including phenoxy) is 2. The van der Waals surface area contributed by atoms with Crippen molar-refractivity contribution in [2.24, 2.45) is 34.4 Å². The van der Waals surface area contributed by atoms with Crippen LogP contribution in [0.25, 0.3) is 0 Å². The number of hydrogen-bond acceptors (Lipinski definition) is 16. The van der Waals surface area contributed by atoms with Gasteiger partial charge in [-0.1, -0.05) is 103 Å². The van der Waals surface area contributed by atoms with Gasteiger partial charge in [-0.25, -0.2) is 8.42 Å². The highest BCUT2D eigenvalue weighted by atomic mass is 35.7. The van der Waals surface area contributed by atoms with Crippen molar-refractivity contribution in [2.45, 2.75) is 57.4 Å². The van der Waals surface area contributed by atoms with Crippen LogP contribution in [-0.2, 0) is 54.0 Å². The summed E-state index contributed by atoms with van der Waals surface area (Å²) in [6.07, 6.45) is 6.59. The number of hydrogen-bond donors (Lipinski definition) is 11. The quantitative estimate of drug-likeness (QED) is 0.0236. The van der Waals surface area contributed by atoms with E-state index in [1.807, 2.05) is 123 Å². The van der Waals surface area contributed by atoms with E-state index in [4.69, 9.17) is 76.1 Å². The van der Waals surface area contributed by atoms with E-state index in [2.05, 4.69) is 52.5 Å². The van der Waals surface area contributed by atoms with E-state index in [0.29, 0.717) is 63.1 Å². The predicted molar refractivity (Wildman–Crippen MR) is 346 cm³/mol. The summed E-state index contributed by atoms with van der Waals surface area (Å²) in [6.45, 7) is 8.60. The lowest BCUT2D eigenvalue weighted by Gasteiger charge is -2.07. The zero-order valence-corrected chi connectivity index (χ0v) is 51.7. The topological polar surface area (TPSA) is 317 Å². The number of alkyl halides is 4. The van der Waals surface area contributed by atoms with Gasteiger partial charge in [-0.3, -0.25) is 0 Å². The van der Waals surface area contributed by atoms with E-state index in [0.717, 1.165) is 75.3 Å². The van der Waals surface area contributed by atoms with Crippen LogP contribution in [0.1, 0.15) is 44.5 Å². The Morgan fingerprint density at radius 1 is 0.465 bits per heavy atom. The molecule has 0 fully saturated rings. The van der Waals surface area contributed by atoms with E-state index in [9.17, 15) is 21.6 Å². The van der Waals surface area contributed by atoms with E-state index < -0.39 is 14.6 Å². The lowest BCUT2D eigenvalue weighted by atomic mass is 10.1. The normalized spacial score (nSPS) is 10.2. The van der Waals surface area contributed by atoms with Crippen molar-refractivity contribution in [2.75, 3.05) is 78.9 Å². The number of nitrogens with two attached hydrogens (primary N) is 6. The van der Waals surface area contributed by atoms with Crippen molar-refractivity contribution in [1.82, 2.24) is 10.6 Å². The fourth-order valence-electron chi connectivity index (χ4n) is 6.63. The number of aromatic hydroxyl groups is 3. The monoisotopic (exact) mass is 1250 g/mol. The van der Waals surface area contributed by atoms with Gasteiger partial charge in [-0.2, -0.15) is 18.4 Å². The number of nitriles is 1. The molecule has 22 heteroatoms. The van der Waals surface area contributed by atoms with Gasteiger partial charge in [0.15, 0.2) is 0 Å². The second-order valence-electron chi connectivity index (χ2n) is 18.2. The summed E-state index contributed by atoms with van der Waals surface area (Å²) in [5.41, 5.74) is 37.2. The molecule has 0 aliphatic heterocycles. The summed E-state index contributed by atoms with van der Waals surface area (Å²) >= 11 is 4.82. The van der Waals surface area contributed by atoms with Gasteiger partial charge in [-0.15, -0.1) is 11.6 Å². The molecule has 0 amide bonds. The number of nitrogens with one attached hydrogen (secondary N) is 2. The van der Waals surface area contributed by atoms with Crippen LogP contribution in [0.3, 0.4) is 0 Å². The second kappa shape index (κ2) is 49.2. The van der Waals surface area contributed by atoms with Gasteiger partial charge < -0.3 is 69.8 Å². The van der Waals surface area contributed by atoms with Crippen molar-refractivity contribution < 1.29 is 46.4 Å². The minimum Gasteiger partial charge on any atom is -0.508 e. The molecule has 0 atom stereocenters. The molecule has 0 unspecified atom stereocenters. The minimum absolute atomic E-state index is 0.0972. The highest BCUT2D eigenvalue weighted by Gasteiger charge is 2.44. The van der Waals surface area contributed by atoms with Crippen LogP contribution in [-0.4, -0.2) is 108 Å². The van der Waals surface area contributed by atoms with Gasteiger partial charge in [0.1, 0.15) is 47.0 Å². The zero-order chi connectivity index (χ0) is 64.4. The first-order chi connectivity index (χ1) is 41.1. The first kappa shape index (κ1) is 79.0. The first-order valence-corrected chi connectivity index (χ1v) is 30.4. The Balaban J connectivity index is 0.000000985. The standard InChI is InChI=1S/C16H20N2O.C10H16N2O.C10H15N.C9H13NO.2C8H11NO.C2H2ClN.CClF3O2S/c17-11-9-13-1-5-15(6-2-13)19-16-7-3-14(4-8-16)10-12-18;11-6-5-9-1-3-10(4-2-9)13-8-7-12;1-9-3-5-10(6-4-9)7-8-11-2;1-10-7-6-8-2-4-9(11)5-3-8;2*9-6-5-7-1-3-8(10)4-2-7;3-1-2-4;2-8(6,7)1(3,4)5/h1-8H,9-12,17-18H2;1-4H,5-8,11-12H2;3-6,11H,7-8H2,1-2H3;2-5,10-11H,6-7H2,1H3;2*1-4,10H,5-6,9H2;1H2;. The van der Waals surface area contributed by atoms with Crippen LogP contribution in [0, 0.1) is 18.3 Å². The van der Waals surface area contributed by atoms with Crippen molar-refractivity contribution >= 4 is 31.3 Å². The van der Waals surface area contributed by atoms with Gasteiger partial charge in [0.25, 0.3) is 0 Å². The molecule has 0 spiro atoms. The highest BCUT2D eigenvalue weighted by molar-refractivity contribution is 8.14. The Hall–Kier alpha value is -6.97. The molecular formula is C64H88Cl2F3N9O7S. The summed E-state index contributed by atoms with van der Waals surface area (Å²) in [4.78, 5) is 0. The molecule has 86 heavy (non-hydrogen) atoms. The molecule has 0 saturated heterocycles. The molecule has 7 rings (SSSR count). The third-order valence-electron chi connectivity index (χ3n) is 11.2. The molecule has 0 radical (unpaired) electrons. The SMILES string of the molecule is CNCCc1ccc(C)cc1.CNCCc1ccc(O)cc1.N#CCCl.NCCOc1ccc(CCN)cc1.NCCc1ccc(O)cc1.NCCc1ccc(O)cc1.NCCc1ccc(Oc2ccc(CCN)cc2)cc1.O=S(=O)(Cl)C(F)(F)F. The molecular weight excluding hydrogens is 1170 g/mol. The Bertz CT molecular complexity index is 2750. The van der Waals surface area contributed by atoms with Crippen LogP contribution < -0.4 is 54.5 Å². The molecule has 0 aliphatic carbocycles. The van der Waals surface area contributed by atoms with Gasteiger partial charge >= 0.3 is 14.6 Å². The van der Waals surface area contributed by atoms with E-state index in [1.54, 1.807) is 42.5 Å². The fourth-order valence-corrected chi connectivity index (χ4v) is 6.63. The average molecular weight is 1260 g/mol. The van der Waals surface area contributed by atoms with Crippen LogP contribution in [0.4, 0.5) is 13.2 Å². The third kappa shape index (κ3) is 41.1. The van der Waals surface area contributed by atoms with Gasteiger partial charge in [0.2, 0.25) is 0 Å². The Labute approximate surface area is 516 Å². The lowest BCUT2D eigenvalue weighted by Crippen LogP contribution is -2.16. The van der Waals surface area contributed by atoms with Crippen molar-refractivity contribution in [3.05, 3.63) is 214 Å². The number of phenolic OH excluding ortho intramolecular Hbond substituents is 3. The number of likely N-dealkylation sites (N-methyl/N-ethyl adjacent to an activating group) is 2. The number of halogens is 5. The maximum absolute atomic E-state index is 10.8. The maximum Gasteiger partial charge on any atom is 0.511 e. The minimum atomic E-state index is -5.37. The zero-order valence-electron chi connectivity index (χ0n) is 49.4. The smallest absolute Gasteiger partial charge is 0.508 e. The second-order valence-corrected chi connectivity index (χ2v) is 21.1. The largest absolute Gasteiger partial charge is 0.511 e. The van der Waals surface area contributed by atoms with Gasteiger partial charge in [0, 0.05) is 17.2 Å². The molecule has 0 aromatic heterocycles. The van der Waals surface area contributed by atoms with Gasteiger partial charge in [-0.05, 0) is 224 Å². The number of aryl methyl sites for hydroxylation is 1. The average Bonchev–Trinajstić information content (AvgIpc) is 3.62. The van der Waals surface area contributed by atoms with Crippen molar-refractivity contribution in [3.63, 3.8) is 0 Å². The highest BCUT2D eigenvalue weighted by Crippen LogP contribution is 2.26. The summed E-state index contributed by atoms with van der Waals surface area (Å²) in [5, 5.41) is 40.4. The van der Waals surface area contributed by atoms with E-state index >= 15 is 0 Å². The van der Waals surface area contributed by atoms with E-state index in [1.165, 1.54) is 44.5 Å². The molecule has 0 heterocycles. The molecule has 0 bridgehead atoms. The van der Waals surface area contributed by atoms with Crippen LogP contribution in [0.5, 0.6) is 34.5 Å². The number of phenols is 3. The number of benzene rings is 7. The molecule has 16 nitrogen and oxygen atoms in total. The van der Waals surface area contributed by atoms with Crippen molar-refractivity contribution in [1.29, 1.82) is 5.26 Å². The molecule has 472 valence electrons. The summed E-state index contributed by atoms with van der Waals surface area (Å²) < 4.78 is 62.2. The van der Waals surface area contributed by atoms with E-state index in [-0.39, 0.29) is 5.88 Å². The number of nitrogens with zero attached hydrogens (tertiary/aromatic N) is 1. The van der Waals surface area contributed by atoms with Crippen LogP contribution in [0.15, 0.2) is 170 Å². The van der Waals surface area contributed by atoms with Gasteiger partial charge in [0.05, 0.1) is 6.07 Å². The molecule has 7 aromatic rings. The Morgan fingerprint density at radius 3 is 0.919 bits per heavy atom. The molecule has 7 aromatic carbocycles. The molecule has 17 N–H and O–H groups in total. The predicted octanol–water partition coefficient (Wildman–Crippen LogP) is 9.53. The summed E-state index contributed by atoms with van der Waals surface area (Å²) in [6, 6.07) is 55.9. The van der Waals surface area contributed by atoms with Crippen LogP contribution >= 0.6 is 22.3 Å². The van der Waals surface area contributed by atoms with Crippen LogP contribution in [0.2, 0.25) is 0 Å². The Kier molecular flexibility index (Phi) is 45.2. The molecule has 0 saturated carbocycles.